The zero-order valence-corrected chi connectivity index (χ0v) is 13.3. The molecular weight excluding hydrogens is 288 g/mol. The molecule has 2 rings (SSSR count). The van der Waals surface area contributed by atoms with Crippen LogP contribution < -0.4 is 4.74 Å². The molecule has 1 fully saturated rings. The zero-order valence-electron chi connectivity index (χ0n) is 12.5. The maximum absolute atomic E-state index is 12.0. The average molecular weight is 311 g/mol. The van der Waals surface area contributed by atoms with Gasteiger partial charge in [-0.3, -0.25) is 4.79 Å². The predicted octanol–water partition coefficient (Wildman–Crippen LogP) is 4.71. The minimum Gasteiger partial charge on any atom is -0.496 e. The molecule has 1 aliphatic carbocycles. The first-order chi connectivity index (χ1) is 10.1. The first-order valence-corrected chi connectivity index (χ1v) is 8.01. The SMILES string of the molecule is COc1ccc(Cl)cc1CC1(C(=O)O)CCCCCCC1. The summed E-state index contributed by atoms with van der Waals surface area (Å²) in [4.78, 5) is 12.0. The lowest BCUT2D eigenvalue weighted by Crippen LogP contribution is -2.34. The van der Waals surface area contributed by atoms with Crippen LogP contribution in [0, 0.1) is 5.41 Å². The van der Waals surface area contributed by atoms with Gasteiger partial charge in [-0.05, 0) is 43.0 Å². The molecule has 0 saturated heterocycles. The van der Waals surface area contributed by atoms with Crippen molar-refractivity contribution in [1.82, 2.24) is 0 Å². The third kappa shape index (κ3) is 3.91. The minimum absolute atomic E-state index is 0.492. The van der Waals surface area contributed by atoms with Crippen LogP contribution >= 0.6 is 11.6 Å². The quantitative estimate of drug-likeness (QED) is 0.876. The molecule has 0 unspecified atom stereocenters. The van der Waals surface area contributed by atoms with Crippen molar-refractivity contribution in [3.63, 3.8) is 0 Å². The molecule has 1 aliphatic rings. The molecule has 1 saturated carbocycles. The molecule has 116 valence electrons. The summed E-state index contributed by atoms with van der Waals surface area (Å²) in [5.74, 6) is 0.0357. The Morgan fingerprint density at radius 2 is 1.86 bits per heavy atom. The Hall–Kier alpha value is -1.22. The van der Waals surface area contributed by atoms with Crippen LogP contribution in [0.1, 0.15) is 50.5 Å². The fourth-order valence-electron chi connectivity index (χ4n) is 3.30. The summed E-state index contributed by atoms with van der Waals surface area (Å²) >= 11 is 6.07. The average Bonchev–Trinajstić information content (AvgIpc) is 2.42. The molecule has 0 aliphatic heterocycles. The Bertz CT molecular complexity index is 491. The van der Waals surface area contributed by atoms with Crippen molar-refractivity contribution < 1.29 is 14.6 Å². The van der Waals surface area contributed by atoms with E-state index in [4.69, 9.17) is 16.3 Å². The molecule has 1 aromatic carbocycles. The van der Waals surface area contributed by atoms with Crippen LogP contribution in [0.3, 0.4) is 0 Å². The Labute approximate surface area is 131 Å². The van der Waals surface area contributed by atoms with Gasteiger partial charge < -0.3 is 9.84 Å². The van der Waals surface area contributed by atoms with Crippen molar-refractivity contribution in [2.75, 3.05) is 7.11 Å². The number of halogens is 1. The molecule has 0 heterocycles. The highest BCUT2D eigenvalue weighted by molar-refractivity contribution is 6.30. The number of carbonyl (C=O) groups is 1. The third-order valence-electron chi connectivity index (χ3n) is 4.54. The number of hydrogen-bond acceptors (Lipinski definition) is 2. The Morgan fingerprint density at radius 3 is 2.43 bits per heavy atom. The molecule has 0 bridgehead atoms. The number of carboxylic acids is 1. The maximum Gasteiger partial charge on any atom is 0.309 e. The second kappa shape index (κ2) is 7.17. The lowest BCUT2D eigenvalue weighted by atomic mass is 9.72. The van der Waals surface area contributed by atoms with E-state index in [1.54, 1.807) is 13.2 Å². The van der Waals surface area contributed by atoms with Crippen molar-refractivity contribution in [2.45, 2.75) is 51.4 Å². The van der Waals surface area contributed by atoms with E-state index in [0.29, 0.717) is 11.4 Å². The van der Waals surface area contributed by atoms with E-state index >= 15 is 0 Å². The largest absolute Gasteiger partial charge is 0.496 e. The summed E-state index contributed by atoms with van der Waals surface area (Å²) in [6, 6.07) is 5.43. The summed E-state index contributed by atoms with van der Waals surface area (Å²) < 4.78 is 5.37. The second-order valence-corrected chi connectivity index (χ2v) is 6.42. The van der Waals surface area contributed by atoms with E-state index < -0.39 is 11.4 Å². The lowest BCUT2D eigenvalue weighted by molar-refractivity contribution is -0.150. The molecule has 0 spiro atoms. The van der Waals surface area contributed by atoms with Gasteiger partial charge in [0.2, 0.25) is 0 Å². The summed E-state index contributed by atoms with van der Waals surface area (Å²) in [6.45, 7) is 0. The molecular formula is C17H23ClO3. The fourth-order valence-corrected chi connectivity index (χ4v) is 3.49. The van der Waals surface area contributed by atoms with Gasteiger partial charge >= 0.3 is 5.97 Å². The standard InChI is InChI=1S/C17H23ClO3/c1-21-15-8-7-14(18)11-13(15)12-17(16(19)20)9-5-3-2-4-6-10-17/h7-8,11H,2-6,9-10,12H2,1H3,(H,19,20). The van der Waals surface area contributed by atoms with E-state index in [9.17, 15) is 9.90 Å². The van der Waals surface area contributed by atoms with Gasteiger partial charge in [-0.15, -0.1) is 0 Å². The monoisotopic (exact) mass is 310 g/mol. The Kier molecular flexibility index (Phi) is 5.51. The van der Waals surface area contributed by atoms with Crippen molar-refractivity contribution in [3.8, 4) is 5.75 Å². The van der Waals surface area contributed by atoms with E-state index in [2.05, 4.69) is 0 Å². The first kappa shape index (κ1) is 16.2. The molecule has 0 amide bonds. The fraction of sp³-hybridized carbons (Fsp3) is 0.588. The summed E-state index contributed by atoms with van der Waals surface area (Å²) in [5.41, 5.74) is 0.214. The molecule has 3 nitrogen and oxygen atoms in total. The van der Waals surface area contributed by atoms with Crippen LogP contribution in [-0.4, -0.2) is 18.2 Å². The smallest absolute Gasteiger partial charge is 0.309 e. The van der Waals surface area contributed by atoms with Gasteiger partial charge in [0.25, 0.3) is 0 Å². The van der Waals surface area contributed by atoms with Crippen LogP contribution in [0.2, 0.25) is 5.02 Å². The maximum atomic E-state index is 12.0. The molecule has 21 heavy (non-hydrogen) atoms. The van der Waals surface area contributed by atoms with Crippen molar-refractivity contribution >= 4 is 17.6 Å². The number of carboxylic acid groups (broad SMARTS) is 1. The third-order valence-corrected chi connectivity index (χ3v) is 4.77. The number of rotatable bonds is 4. The normalized spacial score (nSPS) is 18.6. The van der Waals surface area contributed by atoms with E-state index in [0.717, 1.165) is 49.8 Å². The van der Waals surface area contributed by atoms with Crippen molar-refractivity contribution in [2.24, 2.45) is 5.41 Å². The minimum atomic E-state index is -0.688. The molecule has 1 aromatic rings. The molecule has 0 atom stereocenters. The molecule has 0 radical (unpaired) electrons. The topological polar surface area (TPSA) is 46.5 Å². The number of methoxy groups -OCH3 is 1. The number of hydrogen-bond donors (Lipinski definition) is 1. The van der Waals surface area contributed by atoms with Crippen LogP contribution in [0.4, 0.5) is 0 Å². The summed E-state index contributed by atoms with van der Waals surface area (Å²) in [7, 11) is 1.61. The number of aliphatic carboxylic acids is 1. The summed E-state index contributed by atoms with van der Waals surface area (Å²) in [6.07, 6.45) is 7.39. The van der Waals surface area contributed by atoms with E-state index in [-0.39, 0.29) is 0 Å². The highest BCUT2D eigenvalue weighted by Crippen LogP contribution is 2.40. The van der Waals surface area contributed by atoms with Gasteiger partial charge in [-0.1, -0.05) is 43.7 Å². The van der Waals surface area contributed by atoms with Gasteiger partial charge in [0.1, 0.15) is 5.75 Å². The van der Waals surface area contributed by atoms with Gasteiger partial charge in [-0.25, -0.2) is 0 Å². The van der Waals surface area contributed by atoms with Gasteiger partial charge in [-0.2, -0.15) is 0 Å². The van der Waals surface area contributed by atoms with Crippen molar-refractivity contribution in [1.29, 1.82) is 0 Å². The highest BCUT2D eigenvalue weighted by Gasteiger charge is 2.38. The van der Waals surface area contributed by atoms with Gasteiger partial charge in [0.05, 0.1) is 12.5 Å². The lowest BCUT2D eigenvalue weighted by Gasteiger charge is -2.32. The van der Waals surface area contributed by atoms with Crippen LogP contribution in [0.15, 0.2) is 18.2 Å². The highest BCUT2D eigenvalue weighted by atomic mass is 35.5. The molecule has 1 N–H and O–H groups in total. The van der Waals surface area contributed by atoms with Crippen LogP contribution in [-0.2, 0) is 11.2 Å². The van der Waals surface area contributed by atoms with Crippen molar-refractivity contribution in [3.05, 3.63) is 28.8 Å². The number of ether oxygens (including phenoxy) is 1. The first-order valence-electron chi connectivity index (χ1n) is 7.63. The van der Waals surface area contributed by atoms with Crippen LogP contribution in [0.5, 0.6) is 5.75 Å². The Morgan fingerprint density at radius 1 is 1.24 bits per heavy atom. The number of benzene rings is 1. The Balaban J connectivity index is 2.30. The molecule has 4 heteroatoms. The predicted molar refractivity (Wildman–Crippen MR) is 84.1 cm³/mol. The van der Waals surface area contributed by atoms with Gasteiger partial charge in [0.15, 0.2) is 0 Å². The second-order valence-electron chi connectivity index (χ2n) is 5.99. The zero-order chi connectivity index (χ0) is 15.3. The van der Waals surface area contributed by atoms with E-state index in [1.165, 1.54) is 6.42 Å². The van der Waals surface area contributed by atoms with Crippen LogP contribution in [0.25, 0.3) is 0 Å². The van der Waals surface area contributed by atoms with E-state index in [1.807, 2.05) is 12.1 Å². The van der Waals surface area contributed by atoms with Gasteiger partial charge in [0, 0.05) is 5.02 Å². The summed E-state index contributed by atoms with van der Waals surface area (Å²) in [5, 5.41) is 10.4. The molecule has 0 aromatic heterocycles.